The maximum Gasteiger partial charge on any atom is 0.0691 e. The molecule has 2 heteroatoms. The lowest BCUT2D eigenvalue weighted by Gasteiger charge is -2.09. The number of hydrogen-bond donors (Lipinski definition) is 1. The first kappa shape index (κ1) is 16.0. The molecule has 0 unspecified atom stereocenters. The zero-order valence-corrected chi connectivity index (χ0v) is 15.5. The molecule has 1 N–H and O–H groups in total. The van der Waals surface area contributed by atoms with Crippen LogP contribution in [0.5, 0.6) is 0 Å². The molecule has 0 bridgehead atoms. The van der Waals surface area contributed by atoms with Crippen molar-refractivity contribution in [3.8, 4) is 11.1 Å². The minimum atomic E-state index is 0.571. The lowest BCUT2D eigenvalue weighted by Crippen LogP contribution is -2.02. The van der Waals surface area contributed by atoms with Gasteiger partial charge in [-0.15, -0.1) is 11.3 Å². The standard InChI is InChI=1S/C25H17NS/c26-25(19-11-6-10-18(16-19)17-8-2-1-3-9-17)21-13-7-15-23-24(21)20-12-4-5-14-22(20)27-23/h1-16,26H. The van der Waals surface area contributed by atoms with Crippen LogP contribution < -0.4 is 0 Å². The minimum absolute atomic E-state index is 0.571. The average Bonchev–Trinajstić information content (AvgIpc) is 3.13. The molecule has 1 aromatic heterocycles. The average molecular weight is 363 g/mol. The summed E-state index contributed by atoms with van der Waals surface area (Å²) in [7, 11) is 0. The van der Waals surface area contributed by atoms with Gasteiger partial charge in [0.15, 0.2) is 0 Å². The van der Waals surface area contributed by atoms with E-state index >= 15 is 0 Å². The molecule has 5 rings (SSSR count). The molecule has 0 radical (unpaired) electrons. The topological polar surface area (TPSA) is 23.9 Å². The number of hydrogen-bond acceptors (Lipinski definition) is 2. The van der Waals surface area contributed by atoms with Crippen LogP contribution in [0.15, 0.2) is 97.1 Å². The second-order valence-corrected chi connectivity index (χ2v) is 7.68. The highest BCUT2D eigenvalue weighted by atomic mass is 32.1. The number of thiophene rings is 1. The van der Waals surface area contributed by atoms with Crippen molar-refractivity contribution in [2.75, 3.05) is 0 Å². The Morgan fingerprint density at radius 2 is 1.33 bits per heavy atom. The highest BCUT2D eigenvalue weighted by Crippen LogP contribution is 2.36. The van der Waals surface area contributed by atoms with Crippen molar-refractivity contribution >= 4 is 37.2 Å². The van der Waals surface area contributed by atoms with Crippen molar-refractivity contribution in [2.24, 2.45) is 0 Å². The van der Waals surface area contributed by atoms with Gasteiger partial charge in [0, 0.05) is 31.3 Å². The van der Waals surface area contributed by atoms with E-state index < -0.39 is 0 Å². The Kier molecular flexibility index (Phi) is 3.84. The van der Waals surface area contributed by atoms with Gasteiger partial charge in [-0.25, -0.2) is 0 Å². The second kappa shape index (κ2) is 6.49. The fourth-order valence-electron chi connectivity index (χ4n) is 3.62. The first-order valence-corrected chi connectivity index (χ1v) is 9.78. The third-order valence-electron chi connectivity index (χ3n) is 4.93. The van der Waals surface area contributed by atoms with E-state index in [1.807, 2.05) is 30.3 Å². The van der Waals surface area contributed by atoms with Crippen LogP contribution in [0, 0.1) is 5.41 Å². The quantitative estimate of drug-likeness (QED) is 0.329. The number of benzene rings is 4. The molecule has 1 nitrogen and oxygen atoms in total. The van der Waals surface area contributed by atoms with Crippen molar-refractivity contribution in [1.82, 2.24) is 0 Å². The lowest BCUT2D eigenvalue weighted by molar-refractivity contribution is 1.47. The van der Waals surface area contributed by atoms with Crippen LogP contribution in [0.2, 0.25) is 0 Å². The van der Waals surface area contributed by atoms with Gasteiger partial charge in [-0.2, -0.15) is 0 Å². The van der Waals surface area contributed by atoms with Crippen molar-refractivity contribution < 1.29 is 0 Å². The summed E-state index contributed by atoms with van der Waals surface area (Å²) in [4.78, 5) is 0. The van der Waals surface area contributed by atoms with Crippen molar-refractivity contribution in [3.05, 3.63) is 108 Å². The minimum Gasteiger partial charge on any atom is -0.300 e. The molecule has 1 heterocycles. The predicted octanol–water partition coefficient (Wildman–Crippen LogP) is 7.14. The van der Waals surface area contributed by atoms with Crippen LogP contribution >= 0.6 is 11.3 Å². The molecule has 0 aliphatic carbocycles. The monoisotopic (exact) mass is 363 g/mol. The highest BCUT2D eigenvalue weighted by Gasteiger charge is 2.14. The molecular formula is C25H17NS. The van der Waals surface area contributed by atoms with Gasteiger partial charge in [0.1, 0.15) is 0 Å². The predicted molar refractivity (Wildman–Crippen MR) is 117 cm³/mol. The smallest absolute Gasteiger partial charge is 0.0691 e. The molecule has 0 saturated heterocycles. The van der Waals surface area contributed by atoms with E-state index in [0.717, 1.165) is 16.7 Å². The van der Waals surface area contributed by atoms with Gasteiger partial charge in [0.2, 0.25) is 0 Å². The van der Waals surface area contributed by atoms with Crippen LogP contribution in [-0.2, 0) is 0 Å². The molecule has 0 aliphatic rings. The number of nitrogens with one attached hydrogen (secondary N) is 1. The van der Waals surface area contributed by atoms with Crippen LogP contribution in [0.4, 0.5) is 0 Å². The second-order valence-electron chi connectivity index (χ2n) is 6.60. The molecule has 128 valence electrons. The molecule has 0 spiro atoms. The van der Waals surface area contributed by atoms with Gasteiger partial charge in [0.05, 0.1) is 5.71 Å². The summed E-state index contributed by atoms with van der Waals surface area (Å²) in [5.41, 5.74) is 4.82. The molecular weight excluding hydrogens is 346 g/mol. The van der Waals surface area contributed by atoms with E-state index in [4.69, 9.17) is 5.41 Å². The van der Waals surface area contributed by atoms with E-state index in [1.54, 1.807) is 11.3 Å². The van der Waals surface area contributed by atoms with Gasteiger partial charge in [-0.05, 0) is 29.3 Å². The molecule has 27 heavy (non-hydrogen) atoms. The van der Waals surface area contributed by atoms with Gasteiger partial charge >= 0.3 is 0 Å². The summed E-state index contributed by atoms with van der Waals surface area (Å²) in [5, 5.41) is 11.4. The number of fused-ring (bicyclic) bond motifs is 3. The molecule has 5 aromatic rings. The van der Waals surface area contributed by atoms with Crippen molar-refractivity contribution in [2.45, 2.75) is 0 Å². The third-order valence-corrected chi connectivity index (χ3v) is 6.07. The zero-order chi connectivity index (χ0) is 18.2. The Balaban J connectivity index is 1.67. The first-order chi connectivity index (χ1) is 13.3. The van der Waals surface area contributed by atoms with Crippen molar-refractivity contribution in [3.63, 3.8) is 0 Å². The fraction of sp³-hybridized carbons (Fsp3) is 0. The third kappa shape index (κ3) is 2.75. The summed E-state index contributed by atoms with van der Waals surface area (Å²) in [5.74, 6) is 0. The van der Waals surface area contributed by atoms with Gasteiger partial charge in [-0.1, -0.05) is 78.9 Å². The van der Waals surface area contributed by atoms with E-state index in [0.29, 0.717) is 5.71 Å². The van der Waals surface area contributed by atoms with Crippen LogP contribution in [0.3, 0.4) is 0 Å². The van der Waals surface area contributed by atoms with Crippen LogP contribution in [0.25, 0.3) is 31.3 Å². The number of rotatable bonds is 3. The summed E-state index contributed by atoms with van der Waals surface area (Å²) < 4.78 is 2.50. The largest absolute Gasteiger partial charge is 0.300 e. The molecule has 4 aromatic carbocycles. The van der Waals surface area contributed by atoms with E-state index in [1.165, 1.54) is 25.7 Å². The Morgan fingerprint density at radius 3 is 2.22 bits per heavy atom. The molecule has 0 aliphatic heterocycles. The molecule has 0 atom stereocenters. The van der Waals surface area contributed by atoms with E-state index in [9.17, 15) is 0 Å². The summed E-state index contributed by atoms with van der Waals surface area (Å²) in [6, 6.07) is 33.4. The van der Waals surface area contributed by atoms with Gasteiger partial charge < -0.3 is 0 Å². The van der Waals surface area contributed by atoms with Crippen LogP contribution in [0.1, 0.15) is 11.1 Å². The Bertz CT molecular complexity index is 1280. The lowest BCUT2D eigenvalue weighted by atomic mass is 9.95. The highest BCUT2D eigenvalue weighted by molar-refractivity contribution is 7.25. The summed E-state index contributed by atoms with van der Waals surface area (Å²) >= 11 is 1.79. The Morgan fingerprint density at radius 1 is 0.630 bits per heavy atom. The summed E-state index contributed by atoms with van der Waals surface area (Å²) in [6.07, 6.45) is 0. The van der Waals surface area contributed by atoms with E-state index in [-0.39, 0.29) is 0 Å². The maximum absolute atomic E-state index is 8.93. The summed E-state index contributed by atoms with van der Waals surface area (Å²) in [6.45, 7) is 0. The zero-order valence-electron chi connectivity index (χ0n) is 14.6. The van der Waals surface area contributed by atoms with E-state index in [2.05, 4.69) is 66.7 Å². The molecule has 0 amide bonds. The van der Waals surface area contributed by atoms with Crippen molar-refractivity contribution in [1.29, 1.82) is 5.41 Å². The Hall–Kier alpha value is -3.23. The fourth-order valence-corrected chi connectivity index (χ4v) is 4.76. The SMILES string of the molecule is N=C(c1cccc(-c2ccccc2)c1)c1cccc2sc3ccccc3c12. The molecule has 0 fully saturated rings. The normalized spacial score (nSPS) is 11.1. The Labute approximate surface area is 162 Å². The first-order valence-electron chi connectivity index (χ1n) is 8.96. The van der Waals surface area contributed by atoms with Gasteiger partial charge in [0.25, 0.3) is 0 Å². The van der Waals surface area contributed by atoms with Gasteiger partial charge in [-0.3, -0.25) is 5.41 Å². The molecule has 0 saturated carbocycles. The van der Waals surface area contributed by atoms with Crippen LogP contribution in [-0.4, -0.2) is 5.71 Å². The maximum atomic E-state index is 8.93.